The zero-order chi connectivity index (χ0) is 15.1. The largest absolute Gasteiger partial charge is 0.480 e. The molecule has 0 saturated heterocycles. The van der Waals surface area contributed by atoms with Crippen LogP contribution in [0.2, 0.25) is 0 Å². The Hall–Kier alpha value is -0.570. The van der Waals surface area contributed by atoms with E-state index in [1.165, 1.54) is 44.9 Å². The van der Waals surface area contributed by atoms with E-state index in [0.717, 1.165) is 30.7 Å². The summed E-state index contributed by atoms with van der Waals surface area (Å²) >= 11 is 0. The lowest BCUT2D eigenvalue weighted by atomic mass is 9.49. The molecule has 0 heterocycles. The SMILES string of the molecule is CCCC(C)(NCCC12CC3CC(CC(C3)C1)C2)C(=O)O. The van der Waals surface area contributed by atoms with Gasteiger partial charge in [0.25, 0.3) is 0 Å². The Kier molecular flexibility index (Phi) is 4.06. The summed E-state index contributed by atoms with van der Waals surface area (Å²) in [6.45, 7) is 4.77. The molecule has 0 radical (unpaired) electrons. The van der Waals surface area contributed by atoms with Crippen LogP contribution in [-0.4, -0.2) is 23.2 Å². The van der Waals surface area contributed by atoms with E-state index in [1.807, 2.05) is 6.92 Å². The van der Waals surface area contributed by atoms with Gasteiger partial charge in [-0.1, -0.05) is 13.3 Å². The molecule has 0 aromatic rings. The Bertz CT molecular complexity index is 371. The molecule has 0 aromatic heterocycles. The molecule has 0 aliphatic heterocycles. The first-order chi connectivity index (χ1) is 9.95. The number of hydrogen-bond acceptors (Lipinski definition) is 2. The zero-order valence-electron chi connectivity index (χ0n) is 13.7. The minimum absolute atomic E-state index is 0.549. The average Bonchev–Trinajstić information content (AvgIpc) is 2.36. The van der Waals surface area contributed by atoms with Crippen LogP contribution in [0.25, 0.3) is 0 Å². The van der Waals surface area contributed by atoms with Crippen molar-refractivity contribution >= 4 is 5.97 Å². The van der Waals surface area contributed by atoms with Crippen LogP contribution in [0.15, 0.2) is 0 Å². The molecule has 2 N–H and O–H groups in total. The summed E-state index contributed by atoms with van der Waals surface area (Å²) in [5, 5.41) is 12.8. The summed E-state index contributed by atoms with van der Waals surface area (Å²) in [7, 11) is 0. The number of carboxylic acids is 1. The maximum Gasteiger partial charge on any atom is 0.323 e. The van der Waals surface area contributed by atoms with Gasteiger partial charge in [-0.05, 0) is 88.0 Å². The minimum Gasteiger partial charge on any atom is -0.480 e. The Morgan fingerprint density at radius 1 is 1.19 bits per heavy atom. The van der Waals surface area contributed by atoms with Gasteiger partial charge in [0.15, 0.2) is 0 Å². The van der Waals surface area contributed by atoms with Gasteiger partial charge in [0, 0.05) is 0 Å². The molecule has 1 atom stereocenters. The van der Waals surface area contributed by atoms with Crippen molar-refractivity contribution in [2.24, 2.45) is 23.2 Å². The summed E-state index contributed by atoms with van der Waals surface area (Å²) < 4.78 is 0. The van der Waals surface area contributed by atoms with E-state index in [0.29, 0.717) is 11.8 Å². The van der Waals surface area contributed by atoms with Crippen LogP contribution in [-0.2, 0) is 4.79 Å². The third-order valence-corrected chi connectivity index (χ3v) is 6.56. The van der Waals surface area contributed by atoms with Crippen LogP contribution in [0.3, 0.4) is 0 Å². The Morgan fingerprint density at radius 2 is 1.71 bits per heavy atom. The van der Waals surface area contributed by atoms with Crippen molar-refractivity contribution in [2.45, 2.75) is 77.2 Å². The summed E-state index contributed by atoms with van der Waals surface area (Å²) in [5.41, 5.74) is -0.190. The summed E-state index contributed by atoms with van der Waals surface area (Å²) in [4.78, 5) is 11.5. The fourth-order valence-electron chi connectivity index (χ4n) is 5.97. The Morgan fingerprint density at radius 3 is 2.14 bits per heavy atom. The van der Waals surface area contributed by atoms with E-state index in [-0.39, 0.29) is 0 Å². The number of carbonyl (C=O) groups is 1. The second-order valence-corrected chi connectivity index (χ2v) is 8.48. The quantitative estimate of drug-likeness (QED) is 0.750. The van der Waals surface area contributed by atoms with Crippen molar-refractivity contribution in [2.75, 3.05) is 6.54 Å². The fourth-order valence-corrected chi connectivity index (χ4v) is 5.97. The first kappa shape index (κ1) is 15.3. The van der Waals surface area contributed by atoms with E-state index >= 15 is 0 Å². The standard InChI is InChI=1S/C18H31NO2/c1-3-4-17(2,16(20)21)19-6-5-18-10-13-7-14(11-18)9-15(8-13)12-18/h13-15,19H,3-12H2,1-2H3,(H,20,21). The number of rotatable bonds is 7. The second-order valence-electron chi connectivity index (χ2n) is 8.48. The van der Waals surface area contributed by atoms with E-state index in [1.54, 1.807) is 0 Å². The third kappa shape index (κ3) is 2.99. The first-order valence-corrected chi connectivity index (χ1v) is 8.93. The molecule has 1 unspecified atom stereocenters. The molecular weight excluding hydrogens is 262 g/mol. The summed E-state index contributed by atoms with van der Waals surface area (Å²) in [6, 6.07) is 0. The molecule has 4 bridgehead atoms. The molecule has 4 fully saturated rings. The molecule has 120 valence electrons. The highest BCUT2D eigenvalue weighted by molar-refractivity contribution is 5.78. The number of hydrogen-bond donors (Lipinski definition) is 2. The normalized spacial score (nSPS) is 40.2. The van der Waals surface area contributed by atoms with E-state index in [9.17, 15) is 9.90 Å². The first-order valence-electron chi connectivity index (χ1n) is 8.93. The smallest absolute Gasteiger partial charge is 0.323 e. The lowest BCUT2D eigenvalue weighted by molar-refractivity contribution is -0.144. The van der Waals surface area contributed by atoms with Crippen molar-refractivity contribution in [3.63, 3.8) is 0 Å². The molecule has 3 nitrogen and oxygen atoms in total. The highest BCUT2D eigenvalue weighted by atomic mass is 16.4. The third-order valence-electron chi connectivity index (χ3n) is 6.56. The van der Waals surface area contributed by atoms with Crippen LogP contribution in [0.1, 0.15) is 71.6 Å². The summed E-state index contributed by atoms with van der Waals surface area (Å²) in [5.74, 6) is 2.25. The van der Waals surface area contributed by atoms with Crippen molar-refractivity contribution in [1.29, 1.82) is 0 Å². The monoisotopic (exact) mass is 293 g/mol. The van der Waals surface area contributed by atoms with Crippen molar-refractivity contribution in [3.05, 3.63) is 0 Å². The van der Waals surface area contributed by atoms with Crippen LogP contribution >= 0.6 is 0 Å². The van der Waals surface area contributed by atoms with Gasteiger partial charge in [-0.3, -0.25) is 4.79 Å². The van der Waals surface area contributed by atoms with E-state index in [2.05, 4.69) is 12.2 Å². The maximum absolute atomic E-state index is 11.5. The highest BCUT2D eigenvalue weighted by Crippen LogP contribution is 2.61. The van der Waals surface area contributed by atoms with Crippen molar-refractivity contribution in [1.82, 2.24) is 5.32 Å². The van der Waals surface area contributed by atoms with Crippen molar-refractivity contribution < 1.29 is 9.90 Å². The van der Waals surface area contributed by atoms with Crippen molar-refractivity contribution in [3.8, 4) is 0 Å². The molecule has 4 aliphatic carbocycles. The molecule has 4 rings (SSSR count). The van der Waals surface area contributed by atoms with Gasteiger partial charge < -0.3 is 10.4 Å². The topological polar surface area (TPSA) is 49.3 Å². The zero-order valence-corrected chi connectivity index (χ0v) is 13.7. The number of aliphatic carboxylic acids is 1. The number of carboxylic acid groups (broad SMARTS) is 1. The van der Waals surface area contributed by atoms with Gasteiger partial charge in [-0.15, -0.1) is 0 Å². The maximum atomic E-state index is 11.5. The fraction of sp³-hybridized carbons (Fsp3) is 0.944. The van der Waals surface area contributed by atoms with Gasteiger partial charge in [0.1, 0.15) is 5.54 Å². The minimum atomic E-state index is -0.739. The molecule has 21 heavy (non-hydrogen) atoms. The molecule has 4 saturated carbocycles. The molecule has 4 aliphatic rings. The Labute approximate surface area is 128 Å². The van der Waals surface area contributed by atoms with Gasteiger partial charge >= 0.3 is 5.97 Å². The molecule has 3 heteroatoms. The van der Waals surface area contributed by atoms with Crippen LogP contribution in [0.5, 0.6) is 0 Å². The average molecular weight is 293 g/mol. The Balaban J connectivity index is 1.56. The molecular formula is C18H31NO2. The van der Waals surface area contributed by atoms with Crippen LogP contribution < -0.4 is 5.32 Å². The van der Waals surface area contributed by atoms with Gasteiger partial charge in [0.05, 0.1) is 0 Å². The lowest BCUT2D eigenvalue weighted by Crippen LogP contribution is -2.52. The van der Waals surface area contributed by atoms with Crippen LogP contribution in [0.4, 0.5) is 0 Å². The van der Waals surface area contributed by atoms with Gasteiger partial charge in [-0.2, -0.15) is 0 Å². The summed E-state index contributed by atoms with van der Waals surface area (Å²) in [6.07, 6.45) is 11.5. The number of nitrogens with one attached hydrogen (secondary N) is 1. The van der Waals surface area contributed by atoms with E-state index in [4.69, 9.17) is 0 Å². The highest BCUT2D eigenvalue weighted by Gasteiger charge is 2.50. The van der Waals surface area contributed by atoms with Gasteiger partial charge in [-0.25, -0.2) is 0 Å². The van der Waals surface area contributed by atoms with Gasteiger partial charge in [0.2, 0.25) is 0 Å². The predicted molar refractivity (Wildman–Crippen MR) is 84.2 cm³/mol. The molecule has 0 aromatic carbocycles. The second kappa shape index (κ2) is 5.57. The molecule has 0 spiro atoms. The predicted octanol–water partition coefficient (Wildman–Crippen LogP) is 3.83. The molecule has 0 amide bonds. The van der Waals surface area contributed by atoms with E-state index < -0.39 is 11.5 Å². The van der Waals surface area contributed by atoms with Crippen LogP contribution in [0, 0.1) is 23.2 Å². The lowest BCUT2D eigenvalue weighted by Gasteiger charge is -2.57.